The van der Waals surface area contributed by atoms with Gasteiger partial charge < -0.3 is 4.90 Å². The number of thiazole rings is 1. The Kier molecular flexibility index (Phi) is 4.01. The molecule has 1 aromatic carbocycles. The zero-order valence-corrected chi connectivity index (χ0v) is 13.5. The fraction of sp³-hybridized carbons (Fsp3) is 0.462. The summed E-state index contributed by atoms with van der Waals surface area (Å²) in [5, 5.41) is 5.63. The number of alkyl halides is 3. The summed E-state index contributed by atoms with van der Waals surface area (Å²) < 4.78 is 61.5. The second kappa shape index (κ2) is 5.60. The van der Waals surface area contributed by atoms with Crippen molar-refractivity contribution in [2.45, 2.75) is 25.1 Å². The summed E-state index contributed by atoms with van der Waals surface area (Å²) in [5.74, 6) is -0.184. The maximum absolute atomic E-state index is 12.8. The first-order valence-electron chi connectivity index (χ1n) is 6.88. The van der Waals surface area contributed by atoms with Crippen molar-refractivity contribution in [3.05, 3.63) is 23.8 Å². The average Bonchev–Trinajstić information content (AvgIpc) is 3.00. The van der Waals surface area contributed by atoms with E-state index in [2.05, 4.69) is 4.98 Å². The van der Waals surface area contributed by atoms with Crippen LogP contribution >= 0.6 is 11.3 Å². The molecule has 1 aliphatic rings. The van der Waals surface area contributed by atoms with E-state index in [9.17, 15) is 21.6 Å². The molecular weight excluding hydrogens is 351 g/mol. The van der Waals surface area contributed by atoms with Gasteiger partial charge in [0.15, 0.2) is 5.13 Å². The fourth-order valence-electron chi connectivity index (χ4n) is 2.74. The predicted octanol–water partition coefficient (Wildman–Crippen LogP) is 2.57. The highest BCUT2D eigenvalue weighted by Crippen LogP contribution is 2.37. The number of nitrogens with two attached hydrogens (primary N) is 1. The number of fused-ring (bicyclic) bond motifs is 1. The molecule has 10 heteroatoms. The molecule has 1 saturated heterocycles. The van der Waals surface area contributed by atoms with Crippen LogP contribution in [0.3, 0.4) is 0 Å². The van der Waals surface area contributed by atoms with Gasteiger partial charge in [-0.15, -0.1) is 0 Å². The molecular formula is C13H14F3N3O2S2. The van der Waals surface area contributed by atoms with E-state index in [1.165, 1.54) is 17.4 Å². The number of hydrogen-bond donors (Lipinski definition) is 1. The van der Waals surface area contributed by atoms with Gasteiger partial charge in [0.25, 0.3) is 0 Å². The lowest BCUT2D eigenvalue weighted by Crippen LogP contribution is -2.37. The summed E-state index contributed by atoms with van der Waals surface area (Å²) in [6, 6.07) is 3.15. The van der Waals surface area contributed by atoms with Crippen molar-refractivity contribution in [3.63, 3.8) is 0 Å². The molecule has 23 heavy (non-hydrogen) atoms. The Morgan fingerprint density at radius 3 is 2.78 bits per heavy atom. The van der Waals surface area contributed by atoms with Crippen molar-refractivity contribution in [1.29, 1.82) is 0 Å². The van der Waals surface area contributed by atoms with Crippen molar-refractivity contribution in [3.8, 4) is 0 Å². The molecule has 2 aromatic rings. The highest BCUT2D eigenvalue weighted by Gasteiger charge is 2.32. The Bertz CT molecular complexity index is 833. The van der Waals surface area contributed by atoms with E-state index < -0.39 is 21.8 Å². The lowest BCUT2D eigenvalue weighted by atomic mass is 10.2. The Balaban J connectivity index is 1.93. The second-order valence-electron chi connectivity index (χ2n) is 5.50. The maximum atomic E-state index is 12.8. The van der Waals surface area contributed by atoms with Gasteiger partial charge in [-0.1, -0.05) is 11.3 Å². The molecule has 2 heterocycles. The van der Waals surface area contributed by atoms with Gasteiger partial charge in [-0.3, -0.25) is 0 Å². The largest absolute Gasteiger partial charge is 0.416 e. The quantitative estimate of drug-likeness (QED) is 0.907. The summed E-state index contributed by atoms with van der Waals surface area (Å²) >= 11 is 1.26. The summed E-state index contributed by atoms with van der Waals surface area (Å²) in [6.07, 6.45) is -2.95. The van der Waals surface area contributed by atoms with E-state index in [1.54, 1.807) is 0 Å². The molecule has 0 radical (unpaired) electrons. The van der Waals surface area contributed by atoms with Crippen molar-refractivity contribution in [2.24, 2.45) is 5.14 Å². The van der Waals surface area contributed by atoms with Gasteiger partial charge in [-0.25, -0.2) is 18.5 Å². The van der Waals surface area contributed by atoms with E-state index in [1.807, 2.05) is 4.90 Å². The molecule has 3 rings (SSSR count). The SMILES string of the molecule is NS(=O)(=O)C[C@H]1CCCN1c1nc2cc(C(F)(F)F)ccc2s1. The molecule has 0 bridgehead atoms. The van der Waals surface area contributed by atoms with Gasteiger partial charge in [0.05, 0.1) is 21.5 Å². The topological polar surface area (TPSA) is 76.3 Å². The first-order chi connectivity index (χ1) is 10.6. The lowest BCUT2D eigenvalue weighted by molar-refractivity contribution is -0.137. The van der Waals surface area contributed by atoms with Gasteiger partial charge in [0, 0.05) is 12.6 Å². The maximum Gasteiger partial charge on any atom is 0.416 e. The molecule has 0 saturated carbocycles. The zero-order chi connectivity index (χ0) is 16.8. The third kappa shape index (κ3) is 3.59. The normalized spacial score (nSPS) is 19.7. The minimum Gasteiger partial charge on any atom is -0.344 e. The lowest BCUT2D eigenvalue weighted by Gasteiger charge is -2.22. The van der Waals surface area contributed by atoms with E-state index in [-0.39, 0.29) is 17.3 Å². The first-order valence-corrected chi connectivity index (χ1v) is 9.41. The van der Waals surface area contributed by atoms with E-state index >= 15 is 0 Å². The van der Waals surface area contributed by atoms with Crippen LogP contribution in [0.15, 0.2) is 18.2 Å². The fourth-order valence-corrected chi connectivity index (χ4v) is 4.67. The highest BCUT2D eigenvalue weighted by molar-refractivity contribution is 7.89. The molecule has 1 fully saturated rings. The van der Waals surface area contributed by atoms with Crippen molar-refractivity contribution in [1.82, 2.24) is 4.98 Å². The Hall–Kier alpha value is -1.39. The summed E-state index contributed by atoms with van der Waals surface area (Å²) in [5.41, 5.74) is -0.481. The van der Waals surface area contributed by atoms with Gasteiger partial charge in [-0.05, 0) is 31.0 Å². The average molecular weight is 365 g/mol. The standard InChI is InChI=1S/C13H14F3N3O2S2/c14-13(15,16)8-3-4-11-10(6-8)18-12(22-11)19-5-1-2-9(19)7-23(17,20)21/h3-4,6,9H,1-2,5,7H2,(H2,17,20,21)/t9-/m1/s1. The molecule has 1 atom stereocenters. The number of anilines is 1. The zero-order valence-electron chi connectivity index (χ0n) is 11.9. The number of primary sulfonamides is 1. The van der Waals surface area contributed by atoms with Gasteiger partial charge in [0.2, 0.25) is 10.0 Å². The Morgan fingerprint density at radius 2 is 2.13 bits per heavy atom. The second-order valence-corrected chi connectivity index (χ2v) is 8.16. The van der Waals surface area contributed by atoms with Crippen LogP contribution in [0.2, 0.25) is 0 Å². The minimum absolute atomic E-state index is 0.184. The third-order valence-electron chi connectivity index (χ3n) is 3.75. The predicted molar refractivity (Wildman–Crippen MR) is 83.0 cm³/mol. The number of sulfonamides is 1. The van der Waals surface area contributed by atoms with Crippen LogP contribution in [0.1, 0.15) is 18.4 Å². The molecule has 1 aliphatic heterocycles. The number of rotatable bonds is 3. The van der Waals surface area contributed by atoms with Crippen LogP contribution in [-0.2, 0) is 16.2 Å². The van der Waals surface area contributed by atoms with E-state index in [4.69, 9.17) is 5.14 Å². The van der Waals surface area contributed by atoms with Crippen LogP contribution in [-0.4, -0.2) is 31.7 Å². The van der Waals surface area contributed by atoms with Gasteiger partial charge in [0.1, 0.15) is 0 Å². The number of benzene rings is 1. The van der Waals surface area contributed by atoms with Crippen LogP contribution in [0, 0.1) is 0 Å². The van der Waals surface area contributed by atoms with Crippen molar-refractivity contribution in [2.75, 3.05) is 17.2 Å². The van der Waals surface area contributed by atoms with Crippen LogP contribution in [0.4, 0.5) is 18.3 Å². The molecule has 0 spiro atoms. The summed E-state index contributed by atoms with van der Waals surface area (Å²) in [6.45, 7) is 0.617. The molecule has 1 aromatic heterocycles. The van der Waals surface area contributed by atoms with Crippen molar-refractivity contribution >= 4 is 36.7 Å². The monoisotopic (exact) mass is 365 g/mol. The molecule has 0 amide bonds. The molecule has 0 unspecified atom stereocenters. The number of halogens is 3. The molecule has 126 valence electrons. The summed E-state index contributed by atoms with van der Waals surface area (Å²) in [4.78, 5) is 6.08. The van der Waals surface area contributed by atoms with Gasteiger partial charge >= 0.3 is 6.18 Å². The van der Waals surface area contributed by atoms with Gasteiger partial charge in [-0.2, -0.15) is 13.2 Å². The van der Waals surface area contributed by atoms with Crippen LogP contribution in [0.25, 0.3) is 10.2 Å². The highest BCUT2D eigenvalue weighted by atomic mass is 32.2. The first kappa shape index (κ1) is 16.5. The third-order valence-corrected chi connectivity index (χ3v) is 5.67. The Labute approximate surface area is 135 Å². The number of hydrogen-bond acceptors (Lipinski definition) is 5. The van der Waals surface area contributed by atoms with Crippen LogP contribution in [0.5, 0.6) is 0 Å². The summed E-state index contributed by atoms with van der Waals surface area (Å²) in [7, 11) is -3.62. The molecule has 2 N–H and O–H groups in total. The Morgan fingerprint density at radius 1 is 1.39 bits per heavy atom. The van der Waals surface area contributed by atoms with E-state index in [0.717, 1.165) is 18.6 Å². The number of nitrogens with zero attached hydrogens (tertiary/aromatic N) is 2. The molecule has 5 nitrogen and oxygen atoms in total. The van der Waals surface area contributed by atoms with E-state index in [0.29, 0.717) is 22.8 Å². The smallest absolute Gasteiger partial charge is 0.344 e. The molecule has 0 aliphatic carbocycles. The van der Waals surface area contributed by atoms with Crippen molar-refractivity contribution < 1.29 is 21.6 Å². The number of aromatic nitrogens is 1. The van der Waals surface area contributed by atoms with Crippen LogP contribution < -0.4 is 10.0 Å². The minimum atomic E-state index is -4.41.